The Kier molecular flexibility index (Phi) is 4.70. The van der Waals surface area contributed by atoms with Gasteiger partial charge in [0.2, 0.25) is 0 Å². The molecule has 25 heavy (non-hydrogen) atoms. The van der Waals surface area contributed by atoms with Crippen LogP contribution in [0.5, 0.6) is 11.5 Å². The molecule has 0 unspecified atom stereocenters. The van der Waals surface area contributed by atoms with Crippen LogP contribution in [0.3, 0.4) is 0 Å². The Labute approximate surface area is 145 Å². The predicted octanol–water partition coefficient (Wildman–Crippen LogP) is 4.62. The van der Waals surface area contributed by atoms with E-state index in [9.17, 15) is 4.79 Å². The number of carboxylic acids is 1. The van der Waals surface area contributed by atoms with Gasteiger partial charge in [0.05, 0.1) is 14.2 Å². The number of methoxy groups -OCH3 is 2. The standard InChI is InChI=1S/C21H18O4/c1-24-17-8-5-15(6-9-17)21-14(7-12-20(22)23)3-4-16-13-18(25-2)10-11-19(16)21/h3-13H,1-2H3,(H,22,23)/b12-7+. The number of carbonyl (C=O) groups is 1. The van der Waals surface area contributed by atoms with Gasteiger partial charge in [-0.15, -0.1) is 0 Å². The van der Waals surface area contributed by atoms with Crippen LogP contribution in [0, 0.1) is 0 Å². The van der Waals surface area contributed by atoms with Gasteiger partial charge in [-0.2, -0.15) is 0 Å². The highest BCUT2D eigenvalue weighted by atomic mass is 16.5. The van der Waals surface area contributed by atoms with Gasteiger partial charge in [0.15, 0.2) is 0 Å². The molecular formula is C21H18O4. The monoisotopic (exact) mass is 334 g/mol. The quantitative estimate of drug-likeness (QED) is 0.692. The van der Waals surface area contributed by atoms with Gasteiger partial charge >= 0.3 is 5.97 Å². The Hall–Kier alpha value is -3.27. The van der Waals surface area contributed by atoms with Gasteiger partial charge in [0, 0.05) is 6.08 Å². The van der Waals surface area contributed by atoms with Crippen molar-refractivity contribution in [2.24, 2.45) is 0 Å². The molecule has 1 N–H and O–H groups in total. The van der Waals surface area contributed by atoms with Crippen molar-refractivity contribution in [3.05, 3.63) is 66.2 Å². The highest BCUT2D eigenvalue weighted by molar-refractivity contribution is 6.02. The predicted molar refractivity (Wildman–Crippen MR) is 99.2 cm³/mol. The molecule has 0 aromatic heterocycles. The second-order valence-corrected chi connectivity index (χ2v) is 5.52. The Balaban J connectivity index is 2.25. The maximum atomic E-state index is 10.9. The zero-order valence-electron chi connectivity index (χ0n) is 14.0. The summed E-state index contributed by atoms with van der Waals surface area (Å²) in [6, 6.07) is 17.5. The summed E-state index contributed by atoms with van der Waals surface area (Å²) in [6.45, 7) is 0. The van der Waals surface area contributed by atoms with Gasteiger partial charge in [-0.05, 0) is 57.8 Å². The minimum atomic E-state index is -0.976. The molecule has 4 heteroatoms. The minimum Gasteiger partial charge on any atom is -0.497 e. The Morgan fingerprint density at radius 1 is 0.920 bits per heavy atom. The molecule has 0 amide bonds. The highest BCUT2D eigenvalue weighted by Crippen LogP contribution is 2.35. The summed E-state index contributed by atoms with van der Waals surface area (Å²) < 4.78 is 10.5. The second-order valence-electron chi connectivity index (χ2n) is 5.52. The van der Waals surface area contributed by atoms with Crippen molar-refractivity contribution in [3.63, 3.8) is 0 Å². The van der Waals surface area contributed by atoms with Crippen LogP contribution in [0.2, 0.25) is 0 Å². The summed E-state index contributed by atoms with van der Waals surface area (Å²) in [6.07, 6.45) is 2.77. The molecule has 126 valence electrons. The fourth-order valence-corrected chi connectivity index (χ4v) is 2.83. The molecule has 4 nitrogen and oxygen atoms in total. The third kappa shape index (κ3) is 3.48. The Morgan fingerprint density at radius 2 is 1.60 bits per heavy atom. The largest absolute Gasteiger partial charge is 0.497 e. The van der Waals surface area contributed by atoms with Gasteiger partial charge in [-0.1, -0.05) is 30.3 Å². The number of hydrogen-bond donors (Lipinski definition) is 1. The third-order valence-corrected chi connectivity index (χ3v) is 4.04. The summed E-state index contributed by atoms with van der Waals surface area (Å²) in [5, 5.41) is 11.0. The fraction of sp³-hybridized carbons (Fsp3) is 0.0952. The zero-order chi connectivity index (χ0) is 17.8. The lowest BCUT2D eigenvalue weighted by Crippen LogP contribution is -1.91. The van der Waals surface area contributed by atoms with Crippen LogP contribution in [-0.4, -0.2) is 25.3 Å². The lowest BCUT2D eigenvalue weighted by molar-refractivity contribution is -0.131. The molecule has 0 heterocycles. The second kappa shape index (κ2) is 7.09. The maximum Gasteiger partial charge on any atom is 0.328 e. The number of ether oxygens (including phenoxy) is 2. The molecule has 3 rings (SSSR count). The van der Waals surface area contributed by atoms with Crippen molar-refractivity contribution in [1.29, 1.82) is 0 Å². The maximum absolute atomic E-state index is 10.9. The smallest absolute Gasteiger partial charge is 0.328 e. The van der Waals surface area contributed by atoms with Crippen LogP contribution < -0.4 is 9.47 Å². The van der Waals surface area contributed by atoms with Crippen LogP contribution in [-0.2, 0) is 4.79 Å². The average Bonchev–Trinajstić information content (AvgIpc) is 2.65. The first kappa shape index (κ1) is 16.6. The van der Waals surface area contributed by atoms with E-state index in [0.29, 0.717) is 0 Å². The van der Waals surface area contributed by atoms with E-state index in [0.717, 1.165) is 45.0 Å². The summed E-state index contributed by atoms with van der Waals surface area (Å²) in [7, 11) is 3.26. The molecule has 0 fully saturated rings. The van der Waals surface area contributed by atoms with Crippen molar-refractivity contribution in [3.8, 4) is 22.6 Å². The first-order valence-electron chi connectivity index (χ1n) is 7.78. The van der Waals surface area contributed by atoms with Crippen LogP contribution in [0.4, 0.5) is 0 Å². The number of carboxylic acid groups (broad SMARTS) is 1. The van der Waals surface area contributed by atoms with E-state index in [1.165, 1.54) is 0 Å². The molecule has 0 aliphatic rings. The summed E-state index contributed by atoms with van der Waals surface area (Å²) in [4.78, 5) is 10.9. The van der Waals surface area contributed by atoms with E-state index in [4.69, 9.17) is 14.6 Å². The molecule has 0 radical (unpaired) electrons. The molecule has 0 aliphatic carbocycles. The SMILES string of the molecule is COc1ccc(-c2c(/C=C/C(=O)O)ccc3cc(OC)ccc23)cc1. The first-order valence-corrected chi connectivity index (χ1v) is 7.78. The van der Waals surface area contributed by atoms with Crippen LogP contribution >= 0.6 is 0 Å². The number of rotatable bonds is 5. The molecule has 0 aliphatic heterocycles. The third-order valence-electron chi connectivity index (χ3n) is 4.04. The zero-order valence-corrected chi connectivity index (χ0v) is 14.0. The lowest BCUT2D eigenvalue weighted by atomic mass is 9.93. The van der Waals surface area contributed by atoms with Crippen molar-refractivity contribution in [2.75, 3.05) is 14.2 Å². The van der Waals surface area contributed by atoms with Crippen LogP contribution in [0.25, 0.3) is 28.0 Å². The molecule has 0 spiro atoms. The van der Waals surface area contributed by atoms with E-state index < -0.39 is 5.97 Å². The van der Waals surface area contributed by atoms with Gasteiger partial charge in [0.1, 0.15) is 11.5 Å². The van der Waals surface area contributed by atoms with E-state index >= 15 is 0 Å². The number of fused-ring (bicyclic) bond motifs is 1. The Morgan fingerprint density at radius 3 is 2.24 bits per heavy atom. The van der Waals surface area contributed by atoms with Crippen molar-refractivity contribution < 1.29 is 19.4 Å². The topological polar surface area (TPSA) is 55.8 Å². The van der Waals surface area contributed by atoms with Crippen LogP contribution in [0.15, 0.2) is 60.7 Å². The molecule has 0 saturated carbocycles. The Bertz CT molecular complexity index is 940. The van der Waals surface area contributed by atoms with Crippen molar-refractivity contribution >= 4 is 22.8 Å². The van der Waals surface area contributed by atoms with E-state index in [1.807, 2.05) is 54.6 Å². The average molecular weight is 334 g/mol. The van der Waals surface area contributed by atoms with Crippen LogP contribution in [0.1, 0.15) is 5.56 Å². The van der Waals surface area contributed by atoms with Gasteiger partial charge in [-0.25, -0.2) is 4.79 Å². The van der Waals surface area contributed by atoms with Gasteiger partial charge in [0.25, 0.3) is 0 Å². The van der Waals surface area contributed by atoms with Crippen molar-refractivity contribution in [1.82, 2.24) is 0 Å². The highest BCUT2D eigenvalue weighted by Gasteiger charge is 2.10. The minimum absolute atomic E-state index is 0.772. The molecule has 0 saturated heterocycles. The molecule has 0 bridgehead atoms. The first-order chi connectivity index (χ1) is 12.1. The molecule has 3 aromatic carbocycles. The summed E-state index contributed by atoms with van der Waals surface area (Å²) in [5.41, 5.74) is 2.80. The fourth-order valence-electron chi connectivity index (χ4n) is 2.83. The molecule has 0 atom stereocenters. The number of hydrogen-bond acceptors (Lipinski definition) is 3. The van der Waals surface area contributed by atoms with Gasteiger partial charge < -0.3 is 14.6 Å². The van der Waals surface area contributed by atoms with E-state index in [-0.39, 0.29) is 0 Å². The molecular weight excluding hydrogens is 316 g/mol. The summed E-state index contributed by atoms with van der Waals surface area (Å²) in [5.74, 6) is 0.575. The van der Waals surface area contributed by atoms with Crippen molar-refractivity contribution in [2.45, 2.75) is 0 Å². The molecule has 3 aromatic rings. The number of benzene rings is 3. The summed E-state index contributed by atoms with van der Waals surface area (Å²) >= 11 is 0. The van der Waals surface area contributed by atoms with E-state index in [2.05, 4.69) is 0 Å². The van der Waals surface area contributed by atoms with E-state index in [1.54, 1.807) is 20.3 Å². The lowest BCUT2D eigenvalue weighted by Gasteiger charge is -2.13. The van der Waals surface area contributed by atoms with Gasteiger partial charge in [-0.3, -0.25) is 0 Å². The normalized spacial score (nSPS) is 11.0. The number of aliphatic carboxylic acids is 1.